The van der Waals surface area contributed by atoms with E-state index in [-0.39, 0.29) is 17.5 Å². The van der Waals surface area contributed by atoms with Crippen LogP contribution in [0, 0.1) is 0 Å². The number of rotatable bonds is 6. The molecule has 0 aromatic heterocycles. The van der Waals surface area contributed by atoms with Crippen molar-refractivity contribution in [3.8, 4) is 0 Å². The molecule has 1 aliphatic heterocycles. The van der Waals surface area contributed by atoms with Gasteiger partial charge in [0, 0.05) is 37.0 Å². The first kappa shape index (κ1) is 15.3. The lowest BCUT2D eigenvalue weighted by Gasteiger charge is -2.38. The molecule has 0 radical (unpaired) electrons. The van der Waals surface area contributed by atoms with Gasteiger partial charge in [-0.2, -0.15) is 0 Å². The van der Waals surface area contributed by atoms with Crippen molar-refractivity contribution in [1.29, 1.82) is 0 Å². The summed E-state index contributed by atoms with van der Waals surface area (Å²) in [4.78, 5) is 13.7. The van der Waals surface area contributed by atoms with E-state index in [1.54, 1.807) is 0 Å². The Labute approximate surface area is 126 Å². The second-order valence-electron chi connectivity index (χ2n) is 6.12. The van der Waals surface area contributed by atoms with Crippen LogP contribution in [0.1, 0.15) is 32.3 Å². The molecule has 0 bridgehead atoms. The molecule has 1 aromatic rings. The van der Waals surface area contributed by atoms with E-state index in [1.807, 2.05) is 6.07 Å². The molecule has 1 atom stereocenters. The van der Waals surface area contributed by atoms with E-state index in [0.29, 0.717) is 12.3 Å². The van der Waals surface area contributed by atoms with Crippen LogP contribution in [0.25, 0.3) is 0 Å². The van der Waals surface area contributed by atoms with Gasteiger partial charge in [-0.05, 0) is 25.8 Å². The van der Waals surface area contributed by atoms with E-state index < -0.39 is 0 Å². The summed E-state index contributed by atoms with van der Waals surface area (Å²) in [7, 11) is 0. The van der Waals surface area contributed by atoms with Crippen molar-refractivity contribution in [1.82, 2.24) is 10.2 Å². The molecule has 1 unspecified atom stereocenters. The molecule has 1 saturated heterocycles. The van der Waals surface area contributed by atoms with E-state index in [2.05, 4.69) is 48.3 Å². The molecule has 1 N–H and O–H groups in total. The fourth-order valence-corrected chi connectivity index (χ4v) is 2.66. The number of nitrogens with zero attached hydrogens (tertiary/aromatic N) is 1. The van der Waals surface area contributed by atoms with Gasteiger partial charge in [0.15, 0.2) is 0 Å². The number of alkyl halides is 1. The second-order valence-corrected chi connectivity index (χ2v) is 6.38. The standard InChI is InChI=1S/C16H23ClN2O/c1-16(2,12-17)19(10-13-6-4-3-5-7-13)11-14-8-9-15(20)18-14/h3-7,14H,8-12H2,1-2H3,(H,18,20). The first-order chi connectivity index (χ1) is 9.51. The molecule has 2 rings (SSSR count). The van der Waals surface area contributed by atoms with Crippen molar-refractivity contribution in [2.75, 3.05) is 12.4 Å². The minimum absolute atomic E-state index is 0.0925. The molecule has 1 heterocycles. The fraction of sp³-hybridized carbons (Fsp3) is 0.562. The van der Waals surface area contributed by atoms with Crippen molar-refractivity contribution in [3.05, 3.63) is 35.9 Å². The first-order valence-corrected chi connectivity index (χ1v) is 7.69. The summed E-state index contributed by atoms with van der Waals surface area (Å²) in [5.41, 5.74) is 1.18. The third-order valence-corrected chi connectivity index (χ3v) is 4.58. The predicted octanol–water partition coefficient (Wildman–Crippen LogP) is 2.78. The number of halogens is 1. The third-order valence-electron chi connectivity index (χ3n) is 3.93. The minimum atomic E-state index is -0.0925. The molecule has 1 amide bonds. The molecule has 20 heavy (non-hydrogen) atoms. The summed E-state index contributed by atoms with van der Waals surface area (Å²) in [5, 5.41) is 3.04. The van der Waals surface area contributed by atoms with E-state index in [0.717, 1.165) is 19.5 Å². The maximum atomic E-state index is 11.4. The lowest BCUT2D eigenvalue weighted by Crippen LogP contribution is -2.50. The van der Waals surface area contributed by atoms with E-state index in [4.69, 9.17) is 11.6 Å². The average Bonchev–Trinajstić information content (AvgIpc) is 2.85. The smallest absolute Gasteiger partial charge is 0.220 e. The maximum Gasteiger partial charge on any atom is 0.220 e. The highest BCUT2D eigenvalue weighted by atomic mass is 35.5. The van der Waals surface area contributed by atoms with Gasteiger partial charge < -0.3 is 5.32 Å². The third kappa shape index (κ3) is 3.97. The molecule has 1 aliphatic rings. The first-order valence-electron chi connectivity index (χ1n) is 7.15. The van der Waals surface area contributed by atoms with Crippen molar-refractivity contribution in [3.63, 3.8) is 0 Å². The number of hydrogen-bond acceptors (Lipinski definition) is 2. The molecule has 1 aromatic carbocycles. The highest BCUT2D eigenvalue weighted by molar-refractivity contribution is 6.18. The monoisotopic (exact) mass is 294 g/mol. The summed E-state index contributed by atoms with van der Waals surface area (Å²) in [5.74, 6) is 0.735. The second kappa shape index (κ2) is 6.59. The summed E-state index contributed by atoms with van der Waals surface area (Å²) < 4.78 is 0. The Morgan fingerprint density at radius 3 is 2.60 bits per heavy atom. The number of hydrogen-bond donors (Lipinski definition) is 1. The van der Waals surface area contributed by atoms with Crippen LogP contribution in [0.2, 0.25) is 0 Å². The topological polar surface area (TPSA) is 32.3 Å². The Hall–Kier alpha value is -1.06. The van der Waals surface area contributed by atoms with E-state index >= 15 is 0 Å². The molecule has 0 spiro atoms. The number of nitrogens with one attached hydrogen (secondary N) is 1. The summed E-state index contributed by atoms with van der Waals surface area (Å²) in [6.07, 6.45) is 1.56. The van der Waals surface area contributed by atoms with Gasteiger partial charge in [-0.25, -0.2) is 0 Å². The van der Waals surface area contributed by atoms with Crippen LogP contribution in [0.3, 0.4) is 0 Å². The number of benzene rings is 1. The lowest BCUT2D eigenvalue weighted by atomic mass is 10.0. The van der Waals surface area contributed by atoms with Gasteiger partial charge >= 0.3 is 0 Å². The van der Waals surface area contributed by atoms with Crippen molar-refractivity contribution in [2.45, 2.75) is 44.8 Å². The molecular formula is C16H23ClN2O. The molecule has 110 valence electrons. The zero-order valence-electron chi connectivity index (χ0n) is 12.2. The van der Waals surface area contributed by atoms with Crippen LogP contribution in [0.5, 0.6) is 0 Å². The Morgan fingerprint density at radius 2 is 2.05 bits per heavy atom. The lowest BCUT2D eigenvalue weighted by molar-refractivity contribution is -0.119. The minimum Gasteiger partial charge on any atom is -0.352 e. The zero-order valence-corrected chi connectivity index (χ0v) is 13.0. The van der Waals surface area contributed by atoms with Crippen LogP contribution >= 0.6 is 11.6 Å². The fourth-order valence-electron chi connectivity index (χ4n) is 2.49. The van der Waals surface area contributed by atoms with Crippen LogP contribution in [-0.4, -0.2) is 34.8 Å². The molecule has 1 fully saturated rings. The quantitative estimate of drug-likeness (QED) is 0.818. The molecule has 4 heteroatoms. The molecule has 0 saturated carbocycles. The Bertz CT molecular complexity index is 447. The molecular weight excluding hydrogens is 272 g/mol. The van der Waals surface area contributed by atoms with Gasteiger partial charge in [0.2, 0.25) is 5.91 Å². The molecule has 0 aliphatic carbocycles. The summed E-state index contributed by atoms with van der Waals surface area (Å²) in [6.45, 7) is 6.01. The Balaban J connectivity index is 2.06. The number of amides is 1. The zero-order chi connectivity index (χ0) is 14.6. The number of carbonyl (C=O) groups is 1. The van der Waals surface area contributed by atoms with Gasteiger partial charge in [0.1, 0.15) is 0 Å². The van der Waals surface area contributed by atoms with Gasteiger partial charge in [0.05, 0.1) is 0 Å². The van der Waals surface area contributed by atoms with E-state index in [1.165, 1.54) is 5.56 Å². The highest BCUT2D eigenvalue weighted by Crippen LogP contribution is 2.22. The van der Waals surface area contributed by atoms with Crippen LogP contribution in [0.15, 0.2) is 30.3 Å². The Morgan fingerprint density at radius 1 is 1.35 bits per heavy atom. The largest absolute Gasteiger partial charge is 0.352 e. The highest BCUT2D eigenvalue weighted by Gasteiger charge is 2.30. The van der Waals surface area contributed by atoms with Gasteiger partial charge in [0.25, 0.3) is 0 Å². The van der Waals surface area contributed by atoms with Crippen molar-refractivity contribution >= 4 is 17.5 Å². The van der Waals surface area contributed by atoms with Crippen molar-refractivity contribution < 1.29 is 4.79 Å². The predicted molar refractivity (Wildman–Crippen MR) is 82.8 cm³/mol. The maximum absolute atomic E-state index is 11.4. The van der Waals surface area contributed by atoms with Crippen LogP contribution in [0.4, 0.5) is 0 Å². The van der Waals surface area contributed by atoms with Crippen LogP contribution in [-0.2, 0) is 11.3 Å². The average molecular weight is 295 g/mol. The van der Waals surface area contributed by atoms with Crippen LogP contribution < -0.4 is 5.32 Å². The van der Waals surface area contributed by atoms with Gasteiger partial charge in [-0.15, -0.1) is 11.6 Å². The SMILES string of the molecule is CC(C)(CCl)N(Cc1ccccc1)CC1CCC(=O)N1. The van der Waals surface area contributed by atoms with Crippen molar-refractivity contribution in [2.24, 2.45) is 0 Å². The number of carbonyl (C=O) groups excluding carboxylic acids is 1. The summed E-state index contributed by atoms with van der Waals surface area (Å²) in [6, 6.07) is 10.6. The normalized spacial score (nSPS) is 19.4. The summed E-state index contributed by atoms with van der Waals surface area (Å²) >= 11 is 6.14. The van der Waals surface area contributed by atoms with Gasteiger partial charge in [-0.1, -0.05) is 30.3 Å². The Kier molecular flexibility index (Phi) is 5.06. The van der Waals surface area contributed by atoms with E-state index in [9.17, 15) is 4.79 Å². The van der Waals surface area contributed by atoms with Gasteiger partial charge in [-0.3, -0.25) is 9.69 Å². The molecule has 3 nitrogen and oxygen atoms in total.